The van der Waals surface area contributed by atoms with Crippen molar-refractivity contribution in [2.45, 2.75) is 273 Å². The molecular formula is C76H113N3O19. The molecule has 9 rings (SSSR count). The zero-order valence-electron chi connectivity index (χ0n) is 60.7. The Morgan fingerprint density at radius 3 is 1.28 bits per heavy atom. The van der Waals surface area contributed by atoms with Crippen LogP contribution in [0.15, 0.2) is 96.1 Å². The van der Waals surface area contributed by atoms with Crippen LogP contribution in [0.5, 0.6) is 0 Å². The zero-order valence-corrected chi connectivity index (χ0v) is 60.7. The van der Waals surface area contributed by atoms with Gasteiger partial charge in [-0.1, -0.05) is 186 Å². The van der Waals surface area contributed by atoms with E-state index < -0.39 is 123 Å². The molecule has 30 atom stereocenters. The third-order valence-electron chi connectivity index (χ3n) is 22.1. The molecule has 0 spiro atoms. The highest BCUT2D eigenvalue weighted by Crippen LogP contribution is 2.45. The molecule has 6 fully saturated rings. The molecule has 6 heterocycles. The molecule has 0 amide bonds. The van der Waals surface area contributed by atoms with Gasteiger partial charge in [-0.25, -0.2) is 0 Å². The number of ether oxygens (including phenoxy) is 17. The molecule has 546 valence electrons. The molecule has 0 N–H and O–H groups in total. The third kappa shape index (κ3) is 19.3. The van der Waals surface area contributed by atoms with Crippen molar-refractivity contribution in [1.82, 2.24) is 0 Å². The van der Waals surface area contributed by atoms with Gasteiger partial charge in [0.05, 0.1) is 94.6 Å². The van der Waals surface area contributed by atoms with E-state index >= 15 is 0 Å². The average molecular weight is 1370 g/mol. The van der Waals surface area contributed by atoms with Gasteiger partial charge in [0.15, 0.2) is 49.9 Å². The number of azide groups is 1. The van der Waals surface area contributed by atoms with Crippen molar-refractivity contribution >= 4 is 11.9 Å². The van der Waals surface area contributed by atoms with Gasteiger partial charge in [0.1, 0.15) is 18.3 Å². The molecule has 6 aliphatic heterocycles. The lowest BCUT2D eigenvalue weighted by molar-refractivity contribution is -0.379. The van der Waals surface area contributed by atoms with Gasteiger partial charge in [-0.15, -0.1) is 0 Å². The second kappa shape index (κ2) is 37.0. The van der Waals surface area contributed by atoms with Crippen LogP contribution in [0.2, 0.25) is 0 Å². The zero-order chi connectivity index (χ0) is 70.3. The minimum absolute atomic E-state index is 0.00389. The minimum Gasteiger partial charge on any atom is -0.457 e. The van der Waals surface area contributed by atoms with Gasteiger partial charge in [0.25, 0.3) is 0 Å². The first-order chi connectivity index (χ1) is 47.1. The number of rotatable bonds is 30. The fourth-order valence-electron chi connectivity index (χ4n) is 15.0. The standard InChI is InChI=1S/C76H113N3O19/c1-17-58-42(4)44(6)67(89-53(15)80)73(91-58)86-40-61-51(13)66(98-75-68(90-54(16)81)45(7)43(5)59(18-2)92-75)70(85-39-57-33-27-22-28-34-57)76(94-61)97-63-47(9)49(11)72(93-60(63)19-3)96-64-46(8)48(10)71(82-36-35-78-79-77)95-62(64)41-87-74-69(84-38-56-31-25-21-26-32-56)65(50(12)52(14)88-74)83-37-55-29-23-20-24-30-55/h20-34,42-52,58-76H,17-19,35-41H2,1-16H3/t42-,43-,44+,45?,46-,47-,48?,49?,50+,51+,52-,58?,59-,60?,61?,62?,63-,64-,65?,66+,67?,68?,69?,70?,71+,72-,73-,74+,75+,76-/m0/s1. The molecule has 6 aliphatic rings. The van der Waals surface area contributed by atoms with Crippen LogP contribution in [0.3, 0.4) is 0 Å². The normalized spacial score (nSPS) is 39.8. The van der Waals surface area contributed by atoms with Gasteiger partial charge in [-0.3, -0.25) is 9.59 Å². The Morgan fingerprint density at radius 2 is 0.765 bits per heavy atom. The van der Waals surface area contributed by atoms with Crippen molar-refractivity contribution in [1.29, 1.82) is 0 Å². The van der Waals surface area contributed by atoms with E-state index in [0.29, 0.717) is 26.1 Å². The Morgan fingerprint density at radius 1 is 0.378 bits per heavy atom. The Balaban J connectivity index is 1.01. The summed E-state index contributed by atoms with van der Waals surface area (Å²) >= 11 is 0. The van der Waals surface area contributed by atoms with Gasteiger partial charge < -0.3 is 80.5 Å². The first kappa shape index (κ1) is 77.5. The maximum Gasteiger partial charge on any atom is 0.303 e. The summed E-state index contributed by atoms with van der Waals surface area (Å²) in [6.07, 6.45) is -11.2. The fourth-order valence-corrected chi connectivity index (χ4v) is 15.0. The second-order valence-corrected chi connectivity index (χ2v) is 28.5. The molecule has 22 heteroatoms. The van der Waals surface area contributed by atoms with Crippen LogP contribution in [0, 0.1) is 59.2 Å². The molecule has 22 nitrogen and oxygen atoms in total. The second-order valence-electron chi connectivity index (χ2n) is 28.5. The first-order valence-corrected chi connectivity index (χ1v) is 36.2. The quantitative estimate of drug-likeness (QED) is 0.0198. The summed E-state index contributed by atoms with van der Waals surface area (Å²) in [7, 11) is 0. The van der Waals surface area contributed by atoms with Crippen molar-refractivity contribution in [2.75, 3.05) is 26.4 Å². The number of benzene rings is 3. The topological polar surface area (TPSA) is 240 Å². The number of nitrogens with zero attached hydrogens (tertiary/aromatic N) is 3. The fraction of sp³-hybridized carbons (Fsp3) is 0.737. The smallest absolute Gasteiger partial charge is 0.303 e. The molecule has 3 aromatic carbocycles. The van der Waals surface area contributed by atoms with Crippen molar-refractivity contribution in [2.24, 2.45) is 64.3 Å². The van der Waals surface area contributed by atoms with E-state index in [4.69, 9.17) is 86.1 Å². The molecule has 6 saturated heterocycles. The lowest BCUT2D eigenvalue weighted by Crippen LogP contribution is -2.63. The Hall–Kier alpha value is -4.69. The molecule has 0 saturated carbocycles. The van der Waals surface area contributed by atoms with Gasteiger partial charge in [-0.05, 0) is 72.1 Å². The Kier molecular flexibility index (Phi) is 29.2. The predicted molar refractivity (Wildman–Crippen MR) is 363 cm³/mol. The van der Waals surface area contributed by atoms with Crippen LogP contribution >= 0.6 is 0 Å². The van der Waals surface area contributed by atoms with E-state index in [2.05, 4.69) is 93.1 Å². The van der Waals surface area contributed by atoms with E-state index in [9.17, 15) is 9.59 Å². The van der Waals surface area contributed by atoms with Crippen molar-refractivity contribution < 1.29 is 90.1 Å². The molecule has 98 heavy (non-hydrogen) atoms. The number of carbonyl (C=O) groups excluding carboxylic acids is 2. The predicted octanol–water partition coefficient (Wildman–Crippen LogP) is 13.1. The molecule has 12 unspecified atom stereocenters. The van der Waals surface area contributed by atoms with E-state index in [1.165, 1.54) is 13.8 Å². The molecular weight excluding hydrogens is 1260 g/mol. The van der Waals surface area contributed by atoms with Gasteiger partial charge in [0, 0.05) is 60.8 Å². The summed E-state index contributed by atoms with van der Waals surface area (Å²) in [4.78, 5) is 28.6. The van der Waals surface area contributed by atoms with Crippen LogP contribution in [-0.2, 0) is 110 Å². The lowest BCUT2D eigenvalue weighted by atomic mass is 9.82. The number of carbonyl (C=O) groups is 2. The van der Waals surface area contributed by atoms with E-state index in [1.807, 2.05) is 105 Å². The lowest BCUT2D eigenvalue weighted by Gasteiger charge is -2.52. The van der Waals surface area contributed by atoms with Gasteiger partial charge in [-0.2, -0.15) is 0 Å². The number of hydrogen-bond donors (Lipinski definition) is 0. The highest BCUT2D eigenvalue weighted by molar-refractivity contribution is 5.66. The molecule has 3 aromatic rings. The van der Waals surface area contributed by atoms with Crippen molar-refractivity contribution in [3.63, 3.8) is 0 Å². The van der Waals surface area contributed by atoms with Crippen molar-refractivity contribution in [3.05, 3.63) is 118 Å². The van der Waals surface area contributed by atoms with E-state index in [0.717, 1.165) is 23.1 Å². The first-order valence-electron chi connectivity index (χ1n) is 36.2. The summed E-state index contributed by atoms with van der Waals surface area (Å²) in [6, 6.07) is 30.0. The molecule has 0 bridgehead atoms. The van der Waals surface area contributed by atoms with Crippen LogP contribution in [0.4, 0.5) is 0 Å². The minimum atomic E-state index is -1.10. The molecule has 0 radical (unpaired) electrons. The van der Waals surface area contributed by atoms with Crippen LogP contribution < -0.4 is 0 Å². The summed E-state index contributed by atoms with van der Waals surface area (Å²) in [5.74, 6) is -2.32. The summed E-state index contributed by atoms with van der Waals surface area (Å²) in [5, 5.41) is 3.73. The number of hydrogen-bond acceptors (Lipinski definition) is 20. The summed E-state index contributed by atoms with van der Waals surface area (Å²) in [5.41, 5.74) is 12.1. The van der Waals surface area contributed by atoms with Crippen LogP contribution in [0.1, 0.15) is 147 Å². The van der Waals surface area contributed by atoms with Crippen LogP contribution in [-0.4, -0.2) is 161 Å². The monoisotopic (exact) mass is 1370 g/mol. The SMILES string of the molecule is CCC1O[C@H](OCC2O[C@@H](O[C@@H]3C(CC)O[C@@H](O[C@@H]4C(CO[C@@H]5O[C@@H](C)[C@@H](C)C(OCc6ccccc6)C5OCc5ccccc5)O[C@@H](OCCN=[N+]=[N-])C(C)[C@@H]4C)C(C)[C@@H]3C)C(OCc3ccccc3)[C@H](O[C@H]3O[C@@H](CC)[C@@H](C)C(C)C3OC(C)=O)[C@@H]2C)C(OC(C)=O)[C@H](C)[C@@H]1C. The highest BCUT2D eigenvalue weighted by Gasteiger charge is 2.56. The molecule has 0 aromatic heterocycles. The van der Waals surface area contributed by atoms with Crippen LogP contribution in [0.25, 0.3) is 10.4 Å². The summed E-state index contributed by atoms with van der Waals surface area (Å²) in [6.45, 7) is 33.2. The Bertz CT molecular complexity index is 2920. The van der Waals surface area contributed by atoms with Gasteiger partial charge in [0.2, 0.25) is 0 Å². The Labute approximate surface area is 581 Å². The van der Waals surface area contributed by atoms with Gasteiger partial charge >= 0.3 is 11.9 Å². The maximum absolute atomic E-state index is 13.0. The van der Waals surface area contributed by atoms with Crippen molar-refractivity contribution in [3.8, 4) is 0 Å². The number of esters is 2. The largest absolute Gasteiger partial charge is 0.457 e. The maximum atomic E-state index is 13.0. The average Bonchev–Trinajstić information content (AvgIpc) is 0.777. The van der Waals surface area contributed by atoms with E-state index in [-0.39, 0.29) is 105 Å². The van der Waals surface area contributed by atoms with E-state index in [1.54, 1.807) is 0 Å². The highest BCUT2D eigenvalue weighted by atomic mass is 16.8. The summed E-state index contributed by atoms with van der Waals surface area (Å²) < 4.78 is 117. The third-order valence-corrected chi connectivity index (χ3v) is 22.1. The molecule has 0 aliphatic carbocycles.